The number of sulfone groups is 1. The molecule has 0 N–H and O–H groups in total. The lowest BCUT2D eigenvalue weighted by Gasteiger charge is -2.27. The molecule has 0 heterocycles. The number of halogens is 2. The second-order valence-corrected chi connectivity index (χ2v) is 7.49. The highest BCUT2D eigenvalue weighted by Gasteiger charge is 2.23. The Morgan fingerprint density at radius 1 is 1.30 bits per heavy atom. The van der Waals surface area contributed by atoms with E-state index in [-0.39, 0.29) is 17.3 Å². The number of nitrogens with zero attached hydrogens (tertiary/aromatic N) is 1. The van der Waals surface area contributed by atoms with Crippen LogP contribution in [0.15, 0.2) is 18.2 Å². The predicted octanol–water partition coefficient (Wildman–Crippen LogP) is 2.02. The molecule has 0 aliphatic rings. The van der Waals surface area contributed by atoms with Gasteiger partial charge in [0.05, 0.1) is 5.75 Å². The summed E-state index contributed by atoms with van der Waals surface area (Å²) in [7, 11) is -3.22. The third-order valence-electron chi connectivity index (χ3n) is 3.37. The van der Waals surface area contributed by atoms with Crippen molar-refractivity contribution in [3.8, 4) is 5.75 Å². The maximum atomic E-state index is 13.4. The number of rotatable bonds is 8. The fourth-order valence-corrected chi connectivity index (χ4v) is 3.27. The van der Waals surface area contributed by atoms with Gasteiger partial charge in [-0.2, -0.15) is 0 Å². The molecule has 0 spiro atoms. The number of carbonyl (C=O) groups excluding carboxylic acids is 1. The fourth-order valence-electron chi connectivity index (χ4n) is 2.12. The van der Waals surface area contributed by atoms with Crippen LogP contribution in [0.2, 0.25) is 0 Å². The second kappa shape index (κ2) is 8.24. The first-order valence-electron chi connectivity index (χ1n) is 7.28. The van der Waals surface area contributed by atoms with Crippen LogP contribution >= 0.6 is 0 Å². The molecule has 1 aromatic carbocycles. The van der Waals surface area contributed by atoms with E-state index in [4.69, 9.17) is 4.74 Å². The summed E-state index contributed by atoms with van der Waals surface area (Å²) in [5.41, 5.74) is 0. The zero-order chi connectivity index (χ0) is 17.6. The molecule has 1 atom stereocenters. The van der Waals surface area contributed by atoms with Crippen LogP contribution in [-0.2, 0) is 14.6 Å². The van der Waals surface area contributed by atoms with Gasteiger partial charge in [0.1, 0.15) is 5.82 Å². The van der Waals surface area contributed by atoms with Crippen LogP contribution in [-0.4, -0.2) is 49.9 Å². The van der Waals surface area contributed by atoms with E-state index in [1.807, 2.05) is 0 Å². The third-order valence-corrected chi connectivity index (χ3v) is 5.24. The van der Waals surface area contributed by atoms with Crippen LogP contribution in [0.5, 0.6) is 5.75 Å². The van der Waals surface area contributed by atoms with Crippen molar-refractivity contribution in [3.63, 3.8) is 0 Å². The first-order chi connectivity index (χ1) is 10.7. The maximum absolute atomic E-state index is 13.4. The first-order valence-corrected chi connectivity index (χ1v) is 9.10. The predicted molar refractivity (Wildman–Crippen MR) is 83.0 cm³/mol. The van der Waals surface area contributed by atoms with E-state index in [2.05, 4.69) is 0 Å². The molecule has 0 aromatic heterocycles. The summed E-state index contributed by atoms with van der Waals surface area (Å²) in [5, 5.41) is 0. The Hall–Kier alpha value is -1.70. The Morgan fingerprint density at radius 3 is 2.48 bits per heavy atom. The van der Waals surface area contributed by atoms with Gasteiger partial charge in [0.15, 0.2) is 28.0 Å². The molecule has 0 radical (unpaired) electrons. The second-order valence-electron chi connectivity index (χ2n) is 5.09. The minimum Gasteiger partial charge on any atom is -0.481 e. The van der Waals surface area contributed by atoms with Crippen molar-refractivity contribution in [3.05, 3.63) is 29.8 Å². The van der Waals surface area contributed by atoms with Gasteiger partial charge in [0.2, 0.25) is 0 Å². The SMILES string of the molecule is CCN(C(=O)COc1ccc(F)cc1F)[C@@H](C)CS(=O)(=O)CC. The number of hydrogen-bond acceptors (Lipinski definition) is 4. The summed E-state index contributed by atoms with van der Waals surface area (Å²) in [5.74, 6) is -2.48. The lowest BCUT2D eigenvalue weighted by atomic mass is 10.3. The topological polar surface area (TPSA) is 63.7 Å². The van der Waals surface area contributed by atoms with Crippen LogP contribution in [0.1, 0.15) is 20.8 Å². The van der Waals surface area contributed by atoms with Gasteiger partial charge in [-0.25, -0.2) is 17.2 Å². The smallest absolute Gasteiger partial charge is 0.260 e. The van der Waals surface area contributed by atoms with Gasteiger partial charge < -0.3 is 9.64 Å². The highest BCUT2D eigenvalue weighted by atomic mass is 32.2. The van der Waals surface area contributed by atoms with Gasteiger partial charge in [-0.15, -0.1) is 0 Å². The minimum atomic E-state index is -3.22. The van der Waals surface area contributed by atoms with Crippen molar-refractivity contribution in [1.82, 2.24) is 4.90 Å². The summed E-state index contributed by atoms with van der Waals surface area (Å²) < 4.78 is 54.6. The minimum absolute atomic E-state index is 0.000372. The maximum Gasteiger partial charge on any atom is 0.260 e. The number of ether oxygens (including phenoxy) is 1. The third kappa shape index (κ3) is 5.78. The van der Waals surface area contributed by atoms with Crippen molar-refractivity contribution in [2.45, 2.75) is 26.8 Å². The Labute approximate surface area is 135 Å². The van der Waals surface area contributed by atoms with Gasteiger partial charge in [-0.3, -0.25) is 4.79 Å². The van der Waals surface area contributed by atoms with E-state index in [1.165, 1.54) is 4.90 Å². The van der Waals surface area contributed by atoms with Gasteiger partial charge in [0.25, 0.3) is 5.91 Å². The Kier molecular flexibility index (Phi) is 6.93. The van der Waals surface area contributed by atoms with Crippen molar-refractivity contribution in [2.24, 2.45) is 0 Å². The molecule has 0 fully saturated rings. The number of benzene rings is 1. The monoisotopic (exact) mass is 349 g/mol. The molecule has 1 aromatic rings. The Balaban J connectivity index is 2.70. The quantitative estimate of drug-likeness (QED) is 0.720. The molecule has 1 rings (SSSR count). The summed E-state index contributed by atoms with van der Waals surface area (Å²) in [4.78, 5) is 13.5. The van der Waals surface area contributed by atoms with Crippen LogP contribution in [0.4, 0.5) is 8.78 Å². The number of likely N-dealkylation sites (N-methyl/N-ethyl adjacent to an activating group) is 1. The molecule has 0 saturated heterocycles. The van der Waals surface area contributed by atoms with Crippen molar-refractivity contribution >= 4 is 15.7 Å². The van der Waals surface area contributed by atoms with Crippen LogP contribution < -0.4 is 4.74 Å². The first kappa shape index (κ1) is 19.3. The fraction of sp³-hybridized carbons (Fsp3) is 0.533. The van der Waals surface area contributed by atoms with Crippen LogP contribution in [0, 0.1) is 11.6 Å². The summed E-state index contributed by atoms with van der Waals surface area (Å²) in [6, 6.07) is 2.27. The van der Waals surface area contributed by atoms with Crippen molar-refractivity contribution < 1.29 is 26.7 Å². The van der Waals surface area contributed by atoms with Gasteiger partial charge in [-0.05, 0) is 26.0 Å². The van der Waals surface area contributed by atoms with E-state index >= 15 is 0 Å². The standard InChI is InChI=1S/C15H21F2NO4S/c1-4-18(11(3)10-23(20,21)5-2)15(19)9-22-14-7-6-12(16)8-13(14)17/h6-8,11H,4-5,9-10H2,1-3H3/t11-/m0/s1. The largest absolute Gasteiger partial charge is 0.481 e. The normalized spacial score (nSPS) is 12.7. The molecule has 0 aliphatic heterocycles. The number of carbonyl (C=O) groups is 1. The molecule has 1 amide bonds. The molecule has 5 nitrogen and oxygen atoms in total. The average Bonchev–Trinajstić information content (AvgIpc) is 2.46. The molecule has 23 heavy (non-hydrogen) atoms. The zero-order valence-electron chi connectivity index (χ0n) is 13.4. The van der Waals surface area contributed by atoms with Gasteiger partial charge in [0, 0.05) is 24.4 Å². The lowest BCUT2D eigenvalue weighted by Crippen LogP contribution is -2.44. The van der Waals surface area contributed by atoms with Crippen molar-refractivity contribution in [2.75, 3.05) is 24.7 Å². The summed E-state index contributed by atoms with van der Waals surface area (Å²) in [6.07, 6.45) is 0. The Morgan fingerprint density at radius 2 is 1.96 bits per heavy atom. The van der Waals surface area contributed by atoms with E-state index in [0.29, 0.717) is 12.6 Å². The Bertz CT molecular complexity index is 649. The molecular weight excluding hydrogens is 328 g/mol. The van der Waals surface area contributed by atoms with E-state index < -0.39 is 40.0 Å². The van der Waals surface area contributed by atoms with E-state index in [0.717, 1.165) is 12.1 Å². The zero-order valence-corrected chi connectivity index (χ0v) is 14.2. The van der Waals surface area contributed by atoms with Gasteiger partial charge in [-0.1, -0.05) is 6.92 Å². The van der Waals surface area contributed by atoms with Crippen LogP contribution in [0.3, 0.4) is 0 Å². The molecule has 0 bridgehead atoms. The average molecular weight is 349 g/mol. The molecule has 0 saturated carbocycles. The lowest BCUT2D eigenvalue weighted by molar-refractivity contribution is -0.134. The van der Waals surface area contributed by atoms with Crippen LogP contribution in [0.25, 0.3) is 0 Å². The van der Waals surface area contributed by atoms with E-state index in [9.17, 15) is 22.0 Å². The van der Waals surface area contributed by atoms with E-state index in [1.54, 1.807) is 20.8 Å². The van der Waals surface area contributed by atoms with Gasteiger partial charge >= 0.3 is 0 Å². The highest BCUT2D eigenvalue weighted by molar-refractivity contribution is 7.91. The molecule has 0 aliphatic carbocycles. The molecule has 0 unspecified atom stereocenters. The summed E-state index contributed by atoms with van der Waals surface area (Å²) in [6.45, 7) is 4.74. The molecular formula is C15H21F2NO4S. The number of amides is 1. The summed E-state index contributed by atoms with van der Waals surface area (Å²) >= 11 is 0. The number of hydrogen-bond donors (Lipinski definition) is 0. The highest BCUT2D eigenvalue weighted by Crippen LogP contribution is 2.17. The molecule has 8 heteroatoms. The van der Waals surface area contributed by atoms with Crippen molar-refractivity contribution in [1.29, 1.82) is 0 Å². The molecule has 130 valence electrons.